The first-order valence-corrected chi connectivity index (χ1v) is 9.27. The molecule has 0 radical (unpaired) electrons. The molecule has 132 valence electrons. The number of fused-ring (bicyclic) bond motifs is 4. The van der Waals surface area contributed by atoms with Crippen molar-refractivity contribution in [2.24, 2.45) is 5.92 Å². The predicted molar refractivity (Wildman–Crippen MR) is 116 cm³/mol. The summed E-state index contributed by atoms with van der Waals surface area (Å²) in [6.07, 6.45) is 20.0. The maximum atomic E-state index is 4.81. The lowest BCUT2D eigenvalue weighted by atomic mass is 9.68. The molecular weight excluding hydrogens is 326 g/mol. The number of hydrogen-bond donors (Lipinski definition) is 0. The summed E-state index contributed by atoms with van der Waals surface area (Å²) in [5, 5.41) is 1.91. The molecule has 0 amide bonds. The van der Waals surface area contributed by atoms with Crippen LogP contribution in [0.15, 0.2) is 96.8 Å². The predicted octanol–water partition coefficient (Wildman–Crippen LogP) is 4.69. The van der Waals surface area contributed by atoms with Crippen LogP contribution in [-0.2, 0) is 0 Å². The fourth-order valence-electron chi connectivity index (χ4n) is 4.05. The minimum Gasteiger partial charge on any atom is -0.256 e. The third-order valence-electron chi connectivity index (χ3n) is 5.32. The Balaban J connectivity index is 2.09. The second kappa shape index (κ2) is 7.20. The summed E-state index contributed by atoms with van der Waals surface area (Å²) < 4.78 is 0. The lowest BCUT2D eigenvalue weighted by Gasteiger charge is -2.35. The van der Waals surface area contributed by atoms with Gasteiger partial charge in [0.15, 0.2) is 0 Å². The molecule has 1 heterocycles. The third kappa shape index (κ3) is 3.29. The van der Waals surface area contributed by atoms with Crippen LogP contribution in [-0.4, -0.2) is 4.98 Å². The van der Waals surface area contributed by atoms with Crippen molar-refractivity contribution in [1.29, 1.82) is 0 Å². The van der Waals surface area contributed by atoms with Gasteiger partial charge >= 0.3 is 0 Å². The summed E-state index contributed by atoms with van der Waals surface area (Å²) in [5.41, 5.74) is 5.73. The minimum absolute atomic E-state index is 0.253. The lowest BCUT2D eigenvalue weighted by molar-refractivity contribution is 0.644. The van der Waals surface area contributed by atoms with Crippen LogP contribution in [0.25, 0.3) is 18.7 Å². The monoisotopic (exact) mass is 349 g/mol. The molecule has 2 bridgehead atoms. The average molecular weight is 349 g/mol. The normalized spacial score (nSPS) is 26.6. The number of aromatic nitrogens is 1. The molecule has 1 aromatic rings. The molecule has 3 aliphatic rings. The van der Waals surface area contributed by atoms with Crippen LogP contribution >= 0.6 is 0 Å². The number of nitrogens with zero attached hydrogens (tertiary/aromatic N) is 1. The standard InChI is InChI=1S/C26H23N/c1-18-10-7-13-22-20(3)26(27-16-15-18)24-17-19(2)9-5-4-6-11-21-12-8-14-23(22)25(21)24/h4-10,12-17,23,25H,1-3,11H2/b6-4-,9-5-,10-7?,16-15?,22-13?,24-17+,27-26?. The van der Waals surface area contributed by atoms with Gasteiger partial charge in [0.25, 0.3) is 0 Å². The maximum absolute atomic E-state index is 4.81. The lowest BCUT2D eigenvalue weighted by Crippen LogP contribution is -2.31. The second-order valence-electron chi connectivity index (χ2n) is 7.12. The zero-order chi connectivity index (χ0) is 18.8. The van der Waals surface area contributed by atoms with Gasteiger partial charge in [0.05, 0.1) is 5.69 Å². The highest BCUT2D eigenvalue weighted by Crippen LogP contribution is 2.45. The third-order valence-corrected chi connectivity index (χ3v) is 5.32. The fraction of sp³-hybridized carbons (Fsp3) is 0.115. The summed E-state index contributed by atoms with van der Waals surface area (Å²) in [5.74, 6) is 0.511. The molecule has 3 aliphatic carbocycles. The van der Waals surface area contributed by atoms with E-state index in [-0.39, 0.29) is 11.8 Å². The van der Waals surface area contributed by atoms with Gasteiger partial charge in [-0.15, -0.1) is 0 Å². The Bertz CT molecular complexity index is 1110. The van der Waals surface area contributed by atoms with Crippen molar-refractivity contribution in [2.45, 2.75) is 12.3 Å². The van der Waals surface area contributed by atoms with Gasteiger partial charge < -0.3 is 0 Å². The average Bonchev–Trinajstić information content (AvgIpc) is 2.65. The molecule has 2 unspecified atom stereocenters. The molecule has 0 aliphatic heterocycles. The Hall–Kier alpha value is -3.19. The highest BCUT2D eigenvalue weighted by atomic mass is 14.7. The van der Waals surface area contributed by atoms with Crippen LogP contribution in [0, 0.1) is 5.92 Å². The van der Waals surface area contributed by atoms with E-state index >= 15 is 0 Å². The van der Waals surface area contributed by atoms with E-state index in [9.17, 15) is 0 Å². The first-order chi connectivity index (χ1) is 13.1. The van der Waals surface area contributed by atoms with E-state index in [1.807, 2.05) is 30.5 Å². The van der Waals surface area contributed by atoms with Gasteiger partial charge in [-0.1, -0.05) is 86.0 Å². The molecule has 0 saturated carbocycles. The van der Waals surface area contributed by atoms with Crippen molar-refractivity contribution in [3.05, 3.63) is 118 Å². The Morgan fingerprint density at radius 1 is 1.00 bits per heavy atom. The molecule has 1 aromatic heterocycles. The molecule has 0 fully saturated rings. The van der Waals surface area contributed by atoms with Crippen molar-refractivity contribution in [2.75, 3.05) is 0 Å². The highest BCUT2D eigenvalue weighted by Gasteiger charge is 2.34. The number of rotatable bonds is 0. The van der Waals surface area contributed by atoms with E-state index in [4.69, 9.17) is 4.98 Å². The van der Waals surface area contributed by atoms with Crippen LogP contribution in [0.3, 0.4) is 0 Å². The van der Waals surface area contributed by atoms with Gasteiger partial charge in [-0.2, -0.15) is 0 Å². The molecule has 0 aromatic carbocycles. The summed E-state index contributed by atoms with van der Waals surface area (Å²) in [6, 6.07) is 8.17. The highest BCUT2D eigenvalue weighted by molar-refractivity contribution is 5.76. The SMILES string of the molecule is C=C1/C=C\C=C/CC2=CC=CC3c4cccc(=C)ccnc(c4=C)/C(=C/1)C23. The molecule has 0 saturated heterocycles. The van der Waals surface area contributed by atoms with E-state index in [2.05, 4.69) is 68.3 Å². The minimum atomic E-state index is 0.253. The smallest absolute Gasteiger partial charge is 0.0737 e. The maximum Gasteiger partial charge on any atom is 0.0737 e. The molecular formula is C26H23N. The van der Waals surface area contributed by atoms with E-state index < -0.39 is 0 Å². The molecule has 4 rings (SSSR count). The first-order valence-electron chi connectivity index (χ1n) is 9.27. The fourth-order valence-corrected chi connectivity index (χ4v) is 4.05. The number of hydrogen-bond acceptors (Lipinski definition) is 1. The summed E-state index contributed by atoms with van der Waals surface area (Å²) in [6.45, 7) is 12.7. The zero-order valence-electron chi connectivity index (χ0n) is 15.4. The molecule has 1 heteroatoms. The van der Waals surface area contributed by atoms with Crippen LogP contribution in [0.4, 0.5) is 0 Å². The van der Waals surface area contributed by atoms with Crippen LogP contribution < -0.4 is 10.4 Å². The van der Waals surface area contributed by atoms with Gasteiger partial charge in [0, 0.05) is 18.0 Å². The Morgan fingerprint density at radius 3 is 2.78 bits per heavy atom. The van der Waals surface area contributed by atoms with E-state index in [1.54, 1.807) is 0 Å². The molecule has 0 N–H and O–H groups in total. The van der Waals surface area contributed by atoms with Crippen molar-refractivity contribution in [3.8, 4) is 0 Å². The largest absolute Gasteiger partial charge is 0.256 e. The summed E-state index contributed by atoms with van der Waals surface area (Å²) in [4.78, 5) is 4.81. The van der Waals surface area contributed by atoms with Crippen LogP contribution in [0.1, 0.15) is 23.6 Å². The van der Waals surface area contributed by atoms with Crippen molar-refractivity contribution in [1.82, 2.24) is 4.98 Å². The second-order valence-corrected chi connectivity index (χ2v) is 7.12. The van der Waals surface area contributed by atoms with Gasteiger partial charge in [-0.25, -0.2) is 0 Å². The van der Waals surface area contributed by atoms with E-state index in [0.717, 1.165) is 28.1 Å². The van der Waals surface area contributed by atoms with Crippen molar-refractivity contribution < 1.29 is 0 Å². The zero-order valence-corrected chi connectivity index (χ0v) is 15.4. The van der Waals surface area contributed by atoms with Gasteiger partial charge in [0.1, 0.15) is 0 Å². The van der Waals surface area contributed by atoms with Crippen LogP contribution in [0.2, 0.25) is 0 Å². The summed E-state index contributed by atoms with van der Waals surface area (Å²) >= 11 is 0. The number of allylic oxidation sites excluding steroid dienone is 11. The van der Waals surface area contributed by atoms with Crippen LogP contribution in [0.5, 0.6) is 0 Å². The summed E-state index contributed by atoms with van der Waals surface area (Å²) in [7, 11) is 0. The topological polar surface area (TPSA) is 12.9 Å². The molecule has 1 nitrogen and oxygen atoms in total. The van der Waals surface area contributed by atoms with E-state index in [1.165, 1.54) is 16.7 Å². The Morgan fingerprint density at radius 2 is 1.89 bits per heavy atom. The van der Waals surface area contributed by atoms with Gasteiger partial charge in [0.2, 0.25) is 0 Å². The first kappa shape index (κ1) is 17.2. The molecule has 0 spiro atoms. The Labute approximate surface area is 160 Å². The molecule has 27 heavy (non-hydrogen) atoms. The van der Waals surface area contributed by atoms with Gasteiger partial charge in [-0.05, 0) is 45.7 Å². The van der Waals surface area contributed by atoms with Crippen molar-refractivity contribution in [3.63, 3.8) is 0 Å². The van der Waals surface area contributed by atoms with Crippen molar-refractivity contribution >= 4 is 18.7 Å². The van der Waals surface area contributed by atoms with Gasteiger partial charge in [-0.3, -0.25) is 4.98 Å². The van der Waals surface area contributed by atoms with E-state index in [0.29, 0.717) is 0 Å². The Kier molecular flexibility index (Phi) is 4.60. The molecule has 2 atom stereocenters. The quantitative estimate of drug-likeness (QED) is 0.662.